The summed E-state index contributed by atoms with van der Waals surface area (Å²) in [5.74, 6) is 1.66. The second kappa shape index (κ2) is 9.37. The van der Waals surface area contributed by atoms with Gasteiger partial charge >= 0.3 is 6.03 Å². The third kappa shape index (κ3) is 4.02. The van der Waals surface area contributed by atoms with Gasteiger partial charge in [-0.25, -0.2) is 4.79 Å². The van der Waals surface area contributed by atoms with Gasteiger partial charge in [-0.2, -0.15) is 0 Å². The normalized spacial score (nSPS) is 15.9. The minimum atomic E-state index is -0.141. The van der Waals surface area contributed by atoms with Crippen LogP contribution in [0.3, 0.4) is 0 Å². The lowest BCUT2D eigenvalue weighted by atomic mass is 9.92. The molecule has 2 aromatic heterocycles. The molecule has 36 heavy (non-hydrogen) atoms. The molecule has 0 spiro atoms. The van der Waals surface area contributed by atoms with E-state index in [2.05, 4.69) is 44.6 Å². The van der Waals surface area contributed by atoms with Gasteiger partial charge < -0.3 is 24.5 Å². The zero-order chi connectivity index (χ0) is 24.6. The van der Waals surface area contributed by atoms with Crippen molar-refractivity contribution >= 4 is 22.6 Å². The predicted molar refractivity (Wildman–Crippen MR) is 141 cm³/mol. The number of carbonyl (C=O) groups excluding carboxylic acids is 1. The predicted octanol–water partition coefficient (Wildman–Crippen LogP) is 7.07. The van der Waals surface area contributed by atoms with Gasteiger partial charge in [0.2, 0.25) is 0 Å². The van der Waals surface area contributed by atoms with Crippen LogP contribution in [0.1, 0.15) is 57.1 Å². The summed E-state index contributed by atoms with van der Waals surface area (Å²) in [5, 5.41) is 11.2. The summed E-state index contributed by atoms with van der Waals surface area (Å²) in [5.41, 5.74) is 6.18. The highest BCUT2D eigenvalue weighted by atomic mass is 16.5. The topological polar surface area (TPSA) is 81.3 Å². The minimum Gasteiger partial charge on any atom is -0.494 e. The van der Waals surface area contributed by atoms with E-state index in [0.717, 1.165) is 76.2 Å². The van der Waals surface area contributed by atoms with Crippen LogP contribution in [0.4, 0.5) is 10.5 Å². The lowest BCUT2D eigenvalue weighted by molar-refractivity contribution is 0.240. The molecule has 2 N–H and O–H groups in total. The SMILES string of the molecule is CCOc1ccc2c(-c3oncc3C)c(-c3ccc(NC(=O)NC4CCC4)cc3)n(C3CCC3)c2c1. The second-order valence-corrected chi connectivity index (χ2v) is 9.93. The molecule has 2 aromatic carbocycles. The number of carbonyl (C=O) groups is 1. The smallest absolute Gasteiger partial charge is 0.319 e. The summed E-state index contributed by atoms with van der Waals surface area (Å²) in [4.78, 5) is 12.4. The summed E-state index contributed by atoms with van der Waals surface area (Å²) in [7, 11) is 0. The van der Waals surface area contributed by atoms with E-state index < -0.39 is 0 Å². The Hall–Kier alpha value is -3.74. The molecule has 2 fully saturated rings. The quantitative estimate of drug-likeness (QED) is 0.294. The fraction of sp³-hybridized carbons (Fsp3) is 0.379. The van der Waals surface area contributed by atoms with Gasteiger partial charge in [-0.05, 0) is 82.2 Å². The molecular weight excluding hydrogens is 452 g/mol. The molecule has 2 saturated carbocycles. The van der Waals surface area contributed by atoms with Crippen LogP contribution in [0.5, 0.6) is 5.75 Å². The number of aromatic nitrogens is 2. The maximum atomic E-state index is 12.4. The van der Waals surface area contributed by atoms with Gasteiger partial charge in [-0.15, -0.1) is 0 Å². The van der Waals surface area contributed by atoms with Gasteiger partial charge in [0, 0.05) is 34.8 Å². The monoisotopic (exact) mass is 484 g/mol. The van der Waals surface area contributed by atoms with E-state index in [1.807, 2.05) is 32.0 Å². The molecule has 2 amide bonds. The Labute approximate surface area is 210 Å². The van der Waals surface area contributed by atoms with Gasteiger partial charge in [0.15, 0.2) is 5.76 Å². The number of anilines is 1. The number of nitrogens with one attached hydrogen (secondary N) is 2. The number of urea groups is 1. The first-order chi connectivity index (χ1) is 17.6. The van der Waals surface area contributed by atoms with Crippen LogP contribution in [0.15, 0.2) is 53.2 Å². The summed E-state index contributed by atoms with van der Waals surface area (Å²) < 4.78 is 14.1. The number of fused-ring (bicyclic) bond motifs is 1. The number of nitrogens with zero attached hydrogens (tertiary/aromatic N) is 2. The molecule has 4 aromatic rings. The van der Waals surface area contributed by atoms with Gasteiger partial charge in [-0.3, -0.25) is 0 Å². The maximum Gasteiger partial charge on any atom is 0.319 e. The van der Waals surface area contributed by atoms with Crippen molar-refractivity contribution in [2.24, 2.45) is 0 Å². The van der Waals surface area contributed by atoms with Crippen molar-refractivity contribution < 1.29 is 14.1 Å². The zero-order valence-electron chi connectivity index (χ0n) is 20.8. The molecule has 0 atom stereocenters. The van der Waals surface area contributed by atoms with Crippen molar-refractivity contribution in [3.8, 4) is 28.3 Å². The summed E-state index contributed by atoms with van der Waals surface area (Å²) in [6.07, 6.45) is 8.60. The average molecular weight is 485 g/mol. The van der Waals surface area contributed by atoms with Crippen molar-refractivity contribution in [1.82, 2.24) is 15.0 Å². The molecule has 2 heterocycles. The van der Waals surface area contributed by atoms with E-state index in [4.69, 9.17) is 9.26 Å². The summed E-state index contributed by atoms with van der Waals surface area (Å²) >= 11 is 0. The molecule has 2 aliphatic rings. The van der Waals surface area contributed by atoms with Crippen molar-refractivity contribution in [2.45, 2.75) is 64.5 Å². The number of benzene rings is 2. The summed E-state index contributed by atoms with van der Waals surface area (Å²) in [6.45, 7) is 4.66. The van der Waals surface area contributed by atoms with E-state index >= 15 is 0 Å². The van der Waals surface area contributed by atoms with Crippen LogP contribution in [0.25, 0.3) is 33.5 Å². The minimum absolute atomic E-state index is 0.141. The first kappa shape index (κ1) is 22.7. The van der Waals surface area contributed by atoms with Gasteiger partial charge in [0.25, 0.3) is 0 Å². The Bertz CT molecular complexity index is 1390. The highest BCUT2D eigenvalue weighted by Crippen LogP contribution is 2.48. The Morgan fingerprint density at radius 1 is 1.11 bits per heavy atom. The van der Waals surface area contributed by atoms with Crippen LogP contribution in [-0.2, 0) is 0 Å². The molecule has 7 heteroatoms. The first-order valence-electron chi connectivity index (χ1n) is 13.0. The third-order valence-corrected chi connectivity index (χ3v) is 7.56. The number of hydrogen-bond acceptors (Lipinski definition) is 4. The van der Waals surface area contributed by atoms with Gasteiger partial charge in [-0.1, -0.05) is 17.3 Å². The van der Waals surface area contributed by atoms with Gasteiger partial charge in [0.05, 0.1) is 29.6 Å². The van der Waals surface area contributed by atoms with E-state index in [1.54, 1.807) is 6.20 Å². The lowest BCUT2D eigenvalue weighted by Gasteiger charge is -2.30. The molecule has 0 radical (unpaired) electrons. The first-order valence-corrected chi connectivity index (χ1v) is 13.0. The molecule has 7 nitrogen and oxygen atoms in total. The Morgan fingerprint density at radius 2 is 1.89 bits per heavy atom. The molecule has 186 valence electrons. The fourth-order valence-electron chi connectivity index (χ4n) is 5.23. The van der Waals surface area contributed by atoms with Crippen LogP contribution in [0.2, 0.25) is 0 Å². The van der Waals surface area contributed by atoms with E-state index in [1.165, 1.54) is 12.8 Å². The van der Waals surface area contributed by atoms with Gasteiger partial charge in [0.1, 0.15) is 5.75 Å². The molecule has 0 saturated heterocycles. The largest absolute Gasteiger partial charge is 0.494 e. The standard InChI is InChI=1S/C29H32N4O3/c1-3-35-23-14-15-24-25(16-23)33(22-8-5-9-22)27(26(24)28-18(2)17-30-36-28)19-10-12-21(13-11-19)32-29(34)31-20-6-4-7-20/h10-17,20,22H,3-9H2,1-2H3,(H2,31,32,34). The van der Waals surface area contributed by atoms with Crippen molar-refractivity contribution in [3.05, 3.63) is 54.2 Å². The van der Waals surface area contributed by atoms with Crippen LogP contribution in [-0.4, -0.2) is 28.4 Å². The molecule has 0 bridgehead atoms. The van der Waals surface area contributed by atoms with Crippen molar-refractivity contribution in [3.63, 3.8) is 0 Å². The molecule has 0 aliphatic heterocycles. The Balaban J connectivity index is 1.46. The van der Waals surface area contributed by atoms with E-state index in [9.17, 15) is 4.79 Å². The molecule has 0 unspecified atom stereocenters. The van der Waals surface area contributed by atoms with Crippen LogP contribution >= 0.6 is 0 Å². The van der Waals surface area contributed by atoms with E-state index in [0.29, 0.717) is 18.7 Å². The maximum absolute atomic E-state index is 12.4. The third-order valence-electron chi connectivity index (χ3n) is 7.56. The number of aryl methyl sites for hydroxylation is 1. The molecule has 6 rings (SSSR count). The Kier molecular flexibility index (Phi) is 5.91. The van der Waals surface area contributed by atoms with Crippen molar-refractivity contribution in [1.29, 1.82) is 0 Å². The van der Waals surface area contributed by atoms with E-state index in [-0.39, 0.29) is 6.03 Å². The fourth-order valence-corrected chi connectivity index (χ4v) is 5.23. The lowest BCUT2D eigenvalue weighted by Crippen LogP contribution is -2.41. The average Bonchev–Trinajstić information content (AvgIpc) is 3.37. The molecule has 2 aliphatic carbocycles. The van der Waals surface area contributed by atoms with Crippen molar-refractivity contribution in [2.75, 3.05) is 11.9 Å². The number of hydrogen-bond donors (Lipinski definition) is 2. The second-order valence-electron chi connectivity index (χ2n) is 9.93. The molecular formula is C29H32N4O3. The zero-order valence-corrected chi connectivity index (χ0v) is 20.8. The number of amides is 2. The Morgan fingerprint density at radius 3 is 2.50 bits per heavy atom. The highest BCUT2D eigenvalue weighted by molar-refractivity contribution is 6.04. The number of rotatable bonds is 7. The highest BCUT2D eigenvalue weighted by Gasteiger charge is 2.30. The van der Waals surface area contributed by atoms with Crippen LogP contribution in [0, 0.1) is 6.92 Å². The van der Waals surface area contributed by atoms with Crippen LogP contribution < -0.4 is 15.4 Å². The summed E-state index contributed by atoms with van der Waals surface area (Å²) in [6, 6.07) is 15.0. The number of ether oxygens (including phenoxy) is 1.